The molecule has 1 saturated heterocycles. The van der Waals surface area contributed by atoms with Gasteiger partial charge in [-0.15, -0.1) is 0 Å². The Morgan fingerprint density at radius 1 is 1.04 bits per heavy atom. The zero-order chi connectivity index (χ0) is 16.9. The monoisotopic (exact) mass is 380 g/mol. The third-order valence-corrected chi connectivity index (χ3v) is 5.78. The highest BCUT2D eigenvalue weighted by Gasteiger charge is 2.15. The molecule has 0 amide bonds. The molecule has 0 bridgehead atoms. The minimum Gasteiger partial charge on any atom is -0.490 e. The summed E-state index contributed by atoms with van der Waals surface area (Å²) in [5.41, 5.74) is 1.53. The molecule has 1 aliphatic rings. The highest BCUT2D eigenvalue weighted by molar-refractivity contribution is 7.99. The van der Waals surface area contributed by atoms with Crippen LogP contribution in [0.5, 0.6) is 5.75 Å². The number of ether oxygens (including phenoxy) is 1. The summed E-state index contributed by atoms with van der Waals surface area (Å²) >= 11 is 13.9. The van der Waals surface area contributed by atoms with Crippen molar-refractivity contribution >= 4 is 40.7 Å². The summed E-state index contributed by atoms with van der Waals surface area (Å²) in [5, 5.41) is 0.965. The van der Waals surface area contributed by atoms with Crippen LogP contribution in [0.15, 0.2) is 42.5 Å². The molecule has 1 heterocycles. The Kier molecular flexibility index (Phi) is 6.09. The molecule has 2 nitrogen and oxygen atoms in total. The van der Waals surface area contributed by atoms with Crippen LogP contribution < -0.4 is 4.74 Å². The van der Waals surface area contributed by atoms with Crippen LogP contribution >= 0.6 is 35.0 Å². The molecule has 5 heteroatoms. The molecule has 0 atom stereocenters. The van der Waals surface area contributed by atoms with Crippen molar-refractivity contribution in [3.8, 4) is 5.75 Å². The van der Waals surface area contributed by atoms with Crippen LogP contribution in [0, 0.1) is 0 Å². The average Bonchev–Trinajstić information content (AvgIpc) is 2.60. The molecule has 0 aliphatic carbocycles. The van der Waals surface area contributed by atoms with Gasteiger partial charge < -0.3 is 4.74 Å². The van der Waals surface area contributed by atoms with Crippen molar-refractivity contribution in [2.75, 3.05) is 11.5 Å². The van der Waals surface area contributed by atoms with Crippen LogP contribution in [-0.2, 0) is 6.42 Å². The first-order valence-corrected chi connectivity index (χ1v) is 9.84. The molecule has 1 aliphatic heterocycles. The molecular formula is C19H18Cl2O2S. The molecule has 0 spiro atoms. The number of hydrogen-bond acceptors (Lipinski definition) is 3. The van der Waals surface area contributed by atoms with Crippen LogP contribution in [0.2, 0.25) is 10.0 Å². The van der Waals surface area contributed by atoms with Gasteiger partial charge >= 0.3 is 0 Å². The summed E-state index contributed by atoms with van der Waals surface area (Å²) in [7, 11) is 0. The number of carbonyl (C=O) groups is 1. The smallest absolute Gasteiger partial charge is 0.167 e. The summed E-state index contributed by atoms with van der Waals surface area (Å²) in [6.45, 7) is 0. The lowest BCUT2D eigenvalue weighted by atomic mass is 10.0. The number of halogens is 2. The van der Waals surface area contributed by atoms with E-state index in [0.29, 0.717) is 28.1 Å². The van der Waals surface area contributed by atoms with E-state index in [0.717, 1.165) is 35.7 Å². The minimum absolute atomic E-state index is 0.0500. The van der Waals surface area contributed by atoms with Crippen LogP contribution in [0.3, 0.4) is 0 Å². The second-order valence-electron chi connectivity index (χ2n) is 5.80. The maximum absolute atomic E-state index is 12.4. The topological polar surface area (TPSA) is 26.3 Å². The molecule has 2 aromatic rings. The summed E-state index contributed by atoms with van der Waals surface area (Å²) < 4.78 is 5.98. The first-order valence-electron chi connectivity index (χ1n) is 7.93. The van der Waals surface area contributed by atoms with Crippen LogP contribution in [0.4, 0.5) is 0 Å². The second kappa shape index (κ2) is 8.28. The van der Waals surface area contributed by atoms with Crippen molar-refractivity contribution in [2.24, 2.45) is 0 Å². The molecule has 0 aromatic heterocycles. The van der Waals surface area contributed by atoms with E-state index in [1.807, 2.05) is 42.1 Å². The number of benzene rings is 2. The lowest BCUT2D eigenvalue weighted by Crippen LogP contribution is -2.22. The Hall–Kier alpha value is -1.16. The van der Waals surface area contributed by atoms with E-state index >= 15 is 0 Å². The van der Waals surface area contributed by atoms with E-state index < -0.39 is 0 Å². The average molecular weight is 381 g/mol. The largest absolute Gasteiger partial charge is 0.490 e. The number of hydrogen-bond donors (Lipinski definition) is 0. The Bertz CT molecular complexity index is 710. The van der Waals surface area contributed by atoms with E-state index in [9.17, 15) is 4.79 Å². The van der Waals surface area contributed by atoms with Crippen molar-refractivity contribution in [2.45, 2.75) is 25.4 Å². The fourth-order valence-corrected chi connectivity index (χ4v) is 4.03. The molecule has 3 rings (SSSR count). The van der Waals surface area contributed by atoms with Gasteiger partial charge in [-0.3, -0.25) is 4.79 Å². The molecule has 0 unspecified atom stereocenters. The third kappa shape index (κ3) is 4.69. The van der Waals surface area contributed by atoms with Crippen molar-refractivity contribution < 1.29 is 9.53 Å². The fraction of sp³-hybridized carbons (Fsp3) is 0.316. The molecule has 2 aromatic carbocycles. The Labute approximate surface area is 156 Å². The van der Waals surface area contributed by atoms with Gasteiger partial charge in [0.05, 0.1) is 10.0 Å². The predicted molar refractivity (Wildman–Crippen MR) is 102 cm³/mol. The number of ketones is 1. The Balaban J connectivity index is 1.61. The molecule has 0 N–H and O–H groups in total. The minimum atomic E-state index is 0.0500. The van der Waals surface area contributed by atoms with Gasteiger partial charge in [0.15, 0.2) is 5.78 Å². The molecule has 1 fully saturated rings. The standard InChI is InChI=1S/C19H18Cl2O2S/c20-17-6-1-13(11-18(17)21)12-19(22)14-2-4-15(5-3-14)23-16-7-9-24-10-8-16/h1-6,11,16H,7-10,12H2. The third-order valence-electron chi connectivity index (χ3n) is 4.00. The number of carbonyl (C=O) groups excluding carboxylic acids is 1. The van der Waals surface area contributed by atoms with Gasteiger partial charge in [0.25, 0.3) is 0 Å². The van der Waals surface area contributed by atoms with Gasteiger partial charge in [0.2, 0.25) is 0 Å². The van der Waals surface area contributed by atoms with Crippen molar-refractivity contribution in [3.05, 3.63) is 63.6 Å². The van der Waals surface area contributed by atoms with Gasteiger partial charge in [-0.2, -0.15) is 11.8 Å². The van der Waals surface area contributed by atoms with Crippen molar-refractivity contribution in [1.82, 2.24) is 0 Å². The second-order valence-corrected chi connectivity index (χ2v) is 7.84. The van der Waals surface area contributed by atoms with Crippen LogP contribution in [-0.4, -0.2) is 23.4 Å². The molecule has 0 saturated carbocycles. The maximum atomic E-state index is 12.4. The van der Waals surface area contributed by atoms with E-state index in [-0.39, 0.29) is 5.78 Å². The molecular weight excluding hydrogens is 363 g/mol. The molecule has 0 radical (unpaired) electrons. The van der Waals surface area contributed by atoms with Gasteiger partial charge in [0, 0.05) is 12.0 Å². The summed E-state index contributed by atoms with van der Waals surface area (Å²) in [5.74, 6) is 3.20. The van der Waals surface area contributed by atoms with Gasteiger partial charge in [-0.1, -0.05) is 29.3 Å². The highest BCUT2D eigenvalue weighted by Crippen LogP contribution is 2.25. The van der Waals surface area contributed by atoms with Gasteiger partial charge in [-0.05, 0) is 66.3 Å². The zero-order valence-electron chi connectivity index (χ0n) is 13.1. The van der Waals surface area contributed by atoms with E-state index in [2.05, 4.69) is 0 Å². The first-order chi connectivity index (χ1) is 11.6. The summed E-state index contributed by atoms with van der Waals surface area (Å²) in [6, 6.07) is 12.7. The quantitative estimate of drug-likeness (QED) is 0.622. The van der Waals surface area contributed by atoms with E-state index in [1.165, 1.54) is 0 Å². The highest BCUT2D eigenvalue weighted by atomic mass is 35.5. The van der Waals surface area contributed by atoms with E-state index in [1.54, 1.807) is 12.1 Å². The summed E-state index contributed by atoms with van der Waals surface area (Å²) in [4.78, 5) is 12.4. The lowest BCUT2D eigenvalue weighted by molar-refractivity contribution is 0.0993. The molecule has 126 valence electrons. The Morgan fingerprint density at radius 2 is 1.75 bits per heavy atom. The van der Waals surface area contributed by atoms with Crippen molar-refractivity contribution in [3.63, 3.8) is 0 Å². The van der Waals surface area contributed by atoms with Crippen LogP contribution in [0.25, 0.3) is 0 Å². The first kappa shape index (κ1) is 17.7. The van der Waals surface area contributed by atoms with Gasteiger partial charge in [-0.25, -0.2) is 0 Å². The van der Waals surface area contributed by atoms with E-state index in [4.69, 9.17) is 27.9 Å². The number of thioether (sulfide) groups is 1. The molecule has 24 heavy (non-hydrogen) atoms. The SMILES string of the molecule is O=C(Cc1ccc(Cl)c(Cl)c1)c1ccc(OC2CCSCC2)cc1. The Morgan fingerprint density at radius 3 is 2.42 bits per heavy atom. The predicted octanol–water partition coefficient (Wildman–Crippen LogP) is 5.69. The maximum Gasteiger partial charge on any atom is 0.167 e. The zero-order valence-corrected chi connectivity index (χ0v) is 15.5. The lowest BCUT2D eigenvalue weighted by Gasteiger charge is -2.22. The van der Waals surface area contributed by atoms with Gasteiger partial charge in [0.1, 0.15) is 11.9 Å². The van der Waals surface area contributed by atoms with Crippen molar-refractivity contribution in [1.29, 1.82) is 0 Å². The normalized spacial score (nSPS) is 15.2. The number of Topliss-reactive ketones (excluding diaryl/α,β-unsaturated/α-hetero) is 1. The fourth-order valence-electron chi connectivity index (χ4n) is 2.64. The number of rotatable bonds is 5. The van der Waals surface area contributed by atoms with Crippen LogP contribution in [0.1, 0.15) is 28.8 Å². The summed E-state index contributed by atoms with van der Waals surface area (Å²) in [6.07, 6.45) is 2.77.